The first kappa shape index (κ1) is 20.5. The number of hydrogen-bond acceptors (Lipinski definition) is 4. The Hall–Kier alpha value is -2.28. The van der Waals surface area contributed by atoms with Crippen LogP contribution in [0.25, 0.3) is 10.9 Å². The van der Waals surface area contributed by atoms with Crippen LogP contribution in [0.15, 0.2) is 53.3 Å². The van der Waals surface area contributed by atoms with Crippen LogP contribution in [0.1, 0.15) is 5.82 Å². The van der Waals surface area contributed by atoms with E-state index in [2.05, 4.69) is 10.3 Å². The molecule has 2 heterocycles. The number of para-hydroxylation sites is 1. The second kappa shape index (κ2) is 9.78. The Balaban J connectivity index is 0.000000236. The first-order valence-corrected chi connectivity index (χ1v) is 9.58. The lowest BCUT2D eigenvalue weighted by Gasteiger charge is -2.17. The molecule has 2 aromatic carbocycles. The molecule has 0 aliphatic carbocycles. The molecule has 1 atom stereocenters. The number of fused-ring (bicyclic) bond motifs is 1. The van der Waals surface area contributed by atoms with Crippen molar-refractivity contribution in [2.24, 2.45) is 5.92 Å². The third kappa shape index (κ3) is 5.16. The minimum atomic E-state index is -0.367. The van der Waals surface area contributed by atoms with Gasteiger partial charge in [0, 0.05) is 25.6 Å². The van der Waals surface area contributed by atoms with E-state index in [-0.39, 0.29) is 16.4 Å². The van der Waals surface area contributed by atoms with Crippen molar-refractivity contribution < 1.29 is 9.13 Å². The maximum Gasteiger partial charge on any atom is 0.261 e. The lowest BCUT2D eigenvalue weighted by molar-refractivity contribution is 0.117. The van der Waals surface area contributed by atoms with Gasteiger partial charge in [-0.1, -0.05) is 35.9 Å². The van der Waals surface area contributed by atoms with Crippen molar-refractivity contribution in [3.63, 3.8) is 0 Å². The van der Waals surface area contributed by atoms with E-state index >= 15 is 0 Å². The van der Waals surface area contributed by atoms with Crippen LogP contribution in [0.5, 0.6) is 0 Å². The number of ether oxygens (including phenoxy) is 1. The summed E-state index contributed by atoms with van der Waals surface area (Å²) in [6.07, 6.45) is 0. The fraction of sp³-hybridized carbons (Fsp3) is 0.333. The number of nitrogens with one attached hydrogen (secondary N) is 1. The maximum atomic E-state index is 12.6. The van der Waals surface area contributed by atoms with E-state index in [4.69, 9.17) is 16.3 Å². The van der Waals surface area contributed by atoms with Gasteiger partial charge in [-0.15, -0.1) is 0 Å². The Labute approximate surface area is 168 Å². The maximum absolute atomic E-state index is 12.6. The SMILES string of the molecule is Cc1nc2ccccc2c(=O)n1CC1CNCCOC1.Fc1ccccc1Cl. The molecule has 148 valence electrons. The van der Waals surface area contributed by atoms with Gasteiger partial charge in [0.05, 0.1) is 29.1 Å². The molecule has 0 spiro atoms. The van der Waals surface area contributed by atoms with Gasteiger partial charge < -0.3 is 10.1 Å². The van der Waals surface area contributed by atoms with Crippen molar-refractivity contribution >= 4 is 22.5 Å². The van der Waals surface area contributed by atoms with Crippen LogP contribution in [0, 0.1) is 18.7 Å². The lowest BCUT2D eigenvalue weighted by Crippen LogP contribution is -2.32. The smallest absolute Gasteiger partial charge is 0.261 e. The second-order valence-corrected chi connectivity index (χ2v) is 7.06. The zero-order valence-electron chi connectivity index (χ0n) is 15.7. The van der Waals surface area contributed by atoms with E-state index < -0.39 is 0 Å². The molecule has 28 heavy (non-hydrogen) atoms. The summed E-state index contributed by atoms with van der Waals surface area (Å²) in [4.78, 5) is 17.1. The monoisotopic (exact) mass is 403 g/mol. The summed E-state index contributed by atoms with van der Waals surface area (Å²) in [5, 5.41) is 4.19. The molecule has 1 N–H and O–H groups in total. The van der Waals surface area contributed by atoms with Crippen LogP contribution in [0.2, 0.25) is 5.02 Å². The van der Waals surface area contributed by atoms with Gasteiger partial charge in [-0.05, 0) is 31.2 Å². The molecule has 0 amide bonds. The molecular formula is C21H23ClFN3O2. The van der Waals surface area contributed by atoms with Gasteiger partial charge in [0.15, 0.2) is 0 Å². The van der Waals surface area contributed by atoms with Gasteiger partial charge in [-0.2, -0.15) is 0 Å². The Morgan fingerprint density at radius 1 is 1.25 bits per heavy atom. The first-order chi connectivity index (χ1) is 13.6. The fourth-order valence-corrected chi connectivity index (χ4v) is 3.20. The molecule has 1 aromatic heterocycles. The van der Waals surface area contributed by atoms with Crippen molar-refractivity contribution in [2.75, 3.05) is 26.3 Å². The zero-order valence-corrected chi connectivity index (χ0v) is 16.5. The van der Waals surface area contributed by atoms with E-state index in [9.17, 15) is 9.18 Å². The quantitative estimate of drug-likeness (QED) is 0.712. The first-order valence-electron chi connectivity index (χ1n) is 9.21. The molecule has 1 aliphatic rings. The average Bonchev–Trinajstić information content (AvgIpc) is 2.97. The topological polar surface area (TPSA) is 56.2 Å². The molecule has 3 aromatic rings. The van der Waals surface area contributed by atoms with Gasteiger partial charge in [0.1, 0.15) is 11.6 Å². The van der Waals surface area contributed by atoms with Crippen molar-refractivity contribution in [1.29, 1.82) is 0 Å². The second-order valence-electron chi connectivity index (χ2n) is 6.65. The van der Waals surface area contributed by atoms with Crippen LogP contribution in [-0.4, -0.2) is 35.9 Å². The molecule has 1 saturated heterocycles. The van der Waals surface area contributed by atoms with Gasteiger partial charge in [-0.3, -0.25) is 9.36 Å². The molecule has 0 saturated carbocycles. The summed E-state index contributed by atoms with van der Waals surface area (Å²) in [6, 6.07) is 13.6. The number of benzene rings is 2. The molecule has 0 radical (unpaired) electrons. The Morgan fingerprint density at radius 3 is 2.75 bits per heavy atom. The molecule has 4 rings (SSSR count). The number of aryl methyl sites for hydroxylation is 1. The van der Waals surface area contributed by atoms with E-state index in [0.29, 0.717) is 24.5 Å². The van der Waals surface area contributed by atoms with Crippen LogP contribution < -0.4 is 10.9 Å². The molecular weight excluding hydrogens is 381 g/mol. The van der Waals surface area contributed by atoms with E-state index in [0.717, 1.165) is 31.0 Å². The van der Waals surface area contributed by atoms with Crippen LogP contribution in [0.4, 0.5) is 4.39 Å². The van der Waals surface area contributed by atoms with Crippen molar-refractivity contribution in [1.82, 2.24) is 14.9 Å². The molecule has 5 nitrogen and oxygen atoms in total. The van der Waals surface area contributed by atoms with Gasteiger partial charge in [0.25, 0.3) is 5.56 Å². The highest BCUT2D eigenvalue weighted by Crippen LogP contribution is 2.11. The Kier molecular flexibility index (Phi) is 7.14. The van der Waals surface area contributed by atoms with Crippen molar-refractivity contribution in [2.45, 2.75) is 13.5 Å². The summed E-state index contributed by atoms with van der Waals surface area (Å²) < 4.78 is 19.5. The minimum Gasteiger partial charge on any atom is -0.380 e. The summed E-state index contributed by atoms with van der Waals surface area (Å²) in [5.41, 5.74) is 0.804. The summed E-state index contributed by atoms with van der Waals surface area (Å²) in [6.45, 7) is 5.71. The highest BCUT2D eigenvalue weighted by atomic mass is 35.5. The standard InChI is InChI=1S/C15H19N3O2.C6H4ClF/c1-11-17-14-5-3-2-4-13(14)15(19)18(11)9-12-8-16-6-7-20-10-12;7-5-3-1-2-4-6(5)8/h2-5,12,16H,6-10H2,1H3;1-4H. The molecule has 7 heteroatoms. The normalized spacial score (nSPS) is 16.9. The van der Waals surface area contributed by atoms with Gasteiger partial charge in [-0.25, -0.2) is 9.37 Å². The summed E-state index contributed by atoms with van der Waals surface area (Å²) in [5.74, 6) is 0.698. The lowest BCUT2D eigenvalue weighted by atomic mass is 10.1. The minimum absolute atomic E-state index is 0.0392. The predicted octanol–water partition coefficient (Wildman–Crippen LogP) is 3.42. The van der Waals surface area contributed by atoms with Crippen LogP contribution in [0.3, 0.4) is 0 Å². The van der Waals surface area contributed by atoms with Crippen LogP contribution >= 0.6 is 11.6 Å². The number of nitrogens with zero attached hydrogens (tertiary/aromatic N) is 2. The Bertz CT molecular complexity index is 964. The van der Waals surface area contributed by atoms with Gasteiger partial charge >= 0.3 is 0 Å². The summed E-state index contributed by atoms with van der Waals surface area (Å²) >= 11 is 5.33. The van der Waals surface area contributed by atoms with Crippen LogP contribution in [-0.2, 0) is 11.3 Å². The Morgan fingerprint density at radius 2 is 2.00 bits per heavy atom. The van der Waals surface area contributed by atoms with E-state index in [1.54, 1.807) is 16.7 Å². The van der Waals surface area contributed by atoms with E-state index in [1.165, 1.54) is 12.1 Å². The van der Waals surface area contributed by atoms with E-state index in [1.807, 2.05) is 31.2 Å². The highest BCUT2D eigenvalue weighted by Gasteiger charge is 2.16. The average molecular weight is 404 g/mol. The third-order valence-corrected chi connectivity index (χ3v) is 4.83. The van der Waals surface area contributed by atoms with Gasteiger partial charge in [0.2, 0.25) is 0 Å². The number of hydrogen-bond donors (Lipinski definition) is 1. The highest BCUT2D eigenvalue weighted by molar-refractivity contribution is 6.30. The zero-order chi connectivity index (χ0) is 19.9. The molecule has 1 aliphatic heterocycles. The number of aromatic nitrogens is 2. The summed E-state index contributed by atoms with van der Waals surface area (Å²) in [7, 11) is 0. The number of halogens is 2. The third-order valence-electron chi connectivity index (χ3n) is 4.53. The van der Waals surface area contributed by atoms with Crippen molar-refractivity contribution in [3.05, 3.63) is 75.5 Å². The predicted molar refractivity (Wildman–Crippen MR) is 109 cm³/mol. The molecule has 0 bridgehead atoms. The van der Waals surface area contributed by atoms with Crippen molar-refractivity contribution in [3.8, 4) is 0 Å². The largest absolute Gasteiger partial charge is 0.380 e. The fourth-order valence-electron chi connectivity index (χ4n) is 3.07. The molecule has 1 unspecified atom stereocenters. The molecule has 1 fully saturated rings. The number of rotatable bonds is 2.